The molecule has 0 atom stereocenters. The van der Waals surface area contributed by atoms with Gasteiger partial charge in [-0.3, -0.25) is 4.99 Å². The Hall–Kier alpha value is -1.03. The van der Waals surface area contributed by atoms with Crippen LogP contribution in [0.2, 0.25) is 5.02 Å². The van der Waals surface area contributed by atoms with Crippen LogP contribution < -0.4 is 0 Å². The van der Waals surface area contributed by atoms with Gasteiger partial charge in [0, 0.05) is 17.1 Å². The number of rotatable bonds is 0. The Kier molecular flexibility index (Phi) is 2.46. The van der Waals surface area contributed by atoms with Crippen LogP contribution in [0.5, 0.6) is 0 Å². The molecule has 0 fully saturated rings. The summed E-state index contributed by atoms with van der Waals surface area (Å²) in [5.41, 5.74) is -0.0246. The third-order valence-corrected chi connectivity index (χ3v) is 2.48. The molecule has 0 aliphatic carbocycles. The summed E-state index contributed by atoms with van der Waals surface area (Å²) in [6, 6.07) is 4.40. The molecule has 1 aliphatic heterocycles. The molecule has 0 unspecified atom stereocenters. The summed E-state index contributed by atoms with van der Waals surface area (Å²) in [5, 5.41) is 0.456. The molecular weight excluding hydrogens is 227 g/mol. The molecule has 0 aromatic heterocycles. The van der Waals surface area contributed by atoms with Gasteiger partial charge < -0.3 is 0 Å². The molecular formula is C10H7ClF3N. The van der Waals surface area contributed by atoms with Crippen molar-refractivity contribution in [1.82, 2.24) is 0 Å². The van der Waals surface area contributed by atoms with Gasteiger partial charge in [-0.2, -0.15) is 13.2 Å². The number of halogens is 4. The molecule has 0 N–H and O–H groups in total. The second-order valence-corrected chi connectivity index (χ2v) is 3.72. The first-order valence-electron chi connectivity index (χ1n) is 4.39. The maximum Gasteiger partial charge on any atom is 0.433 e. The minimum atomic E-state index is -4.39. The third-order valence-electron chi connectivity index (χ3n) is 2.24. The summed E-state index contributed by atoms with van der Waals surface area (Å²) in [7, 11) is 0. The van der Waals surface area contributed by atoms with Crippen molar-refractivity contribution in [3.8, 4) is 0 Å². The summed E-state index contributed by atoms with van der Waals surface area (Å²) in [6.45, 7) is 0.169. The fraction of sp³-hybridized carbons (Fsp3) is 0.300. The average molecular weight is 234 g/mol. The van der Waals surface area contributed by atoms with Gasteiger partial charge in [0.1, 0.15) is 5.71 Å². The lowest BCUT2D eigenvalue weighted by Crippen LogP contribution is -2.28. The summed E-state index contributed by atoms with van der Waals surface area (Å²) in [4.78, 5) is 3.52. The molecule has 1 heterocycles. The Morgan fingerprint density at radius 3 is 2.67 bits per heavy atom. The van der Waals surface area contributed by atoms with Crippen molar-refractivity contribution in [1.29, 1.82) is 0 Å². The number of hydrogen-bond acceptors (Lipinski definition) is 1. The van der Waals surface area contributed by atoms with Crippen LogP contribution >= 0.6 is 11.6 Å². The third kappa shape index (κ3) is 2.00. The minimum Gasteiger partial charge on any atom is -0.280 e. The molecule has 2 rings (SSSR count). The van der Waals surface area contributed by atoms with Crippen LogP contribution in [-0.2, 0) is 6.42 Å². The van der Waals surface area contributed by atoms with Crippen molar-refractivity contribution >= 4 is 17.3 Å². The van der Waals surface area contributed by atoms with Crippen molar-refractivity contribution < 1.29 is 13.2 Å². The van der Waals surface area contributed by atoms with Crippen LogP contribution in [0, 0.1) is 0 Å². The Bertz CT molecular complexity index is 423. The molecule has 1 nitrogen and oxygen atoms in total. The van der Waals surface area contributed by atoms with Gasteiger partial charge in [0.2, 0.25) is 0 Å². The van der Waals surface area contributed by atoms with Crippen molar-refractivity contribution in [2.24, 2.45) is 4.99 Å². The lowest BCUT2D eigenvalue weighted by atomic mass is 9.97. The van der Waals surface area contributed by atoms with E-state index in [-0.39, 0.29) is 12.1 Å². The van der Waals surface area contributed by atoms with Gasteiger partial charge in [-0.25, -0.2) is 0 Å². The maximum absolute atomic E-state index is 12.6. The number of alkyl halides is 3. The SMILES string of the molecule is FC(F)(F)C1=NCCc2cc(Cl)ccc21. The number of aliphatic imine (C=N–C) groups is 1. The normalized spacial score (nSPS) is 15.9. The van der Waals surface area contributed by atoms with Crippen molar-refractivity contribution in [3.05, 3.63) is 34.3 Å². The summed E-state index contributed by atoms with van der Waals surface area (Å²) in [6.07, 6.45) is -3.88. The van der Waals surface area contributed by atoms with Crippen LogP contribution in [0.1, 0.15) is 11.1 Å². The maximum atomic E-state index is 12.6. The van der Waals surface area contributed by atoms with Crippen molar-refractivity contribution in [3.63, 3.8) is 0 Å². The first-order chi connectivity index (χ1) is 6.98. The van der Waals surface area contributed by atoms with Gasteiger partial charge in [0.05, 0.1) is 0 Å². The van der Waals surface area contributed by atoms with E-state index in [2.05, 4.69) is 4.99 Å². The average Bonchev–Trinajstić information content (AvgIpc) is 2.15. The van der Waals surface area contributed by atoms with E-state index >= 15 is 0 Å². The predicted molar refractivity (Wildman–Crippen MR) is 52.6 cm³/mol. The number of benzene rings is 1. The smallest absolute Gasteiger partial charge is 0.280 e. The highest BCUT2D eigenvalue weighted by Gasteiger charge is 2.38. The fourth-order valence-corrected chi connectivity index (χ4v) is 1.81. The molecule has 1 aromatic rings. The fourth-order valence-electron chi connectivity index (χ4n) is 1.62. The van der Waals surface area contributed by atoms with E-state index in [1.807, 2.05) is 0 Å². The number of nitrogens with zero attached hydrogens (tertiary/aromatic N) is 1. The molecule has 0 spiro atoms. The topological polar surface area (TPSA) is 12.4 Å². The van der Waals surface area contributed by atoms with Gasteiger partial charge in [-0.1, -0.05) is 17.7 Å². The largest absolute Gasteiger partial charge is 0.433 e. The first-order valence-corrected chi connectivity index (χ1v) is 4.77. The second-order valence-electron chi connectivity index (χ2n) is 3.28. The van der Waals surface area contributed by atoms with E-state index in [4.69, 9.17) is 11.6 Å². The zero-order valence-electron chi connectivity index (χ0n) is 7.61. The van der Waals surface area contributed by atoms with Crippen LogP contribution in [0.3, 0.4) is 0 Å². The van der Waals surface area contributed by atoms with Crippen LogP contribution in [0.15, 0.2) is 23.2 Å². The van der Waals surface area contributed by atoms with Crippen molar-refractivity contribution in [2.45, 2.75) is 12.6 Å². The molecule has 0 radical (unpaired) electrons. The van der Waals surface area contributed by atoms with Gasteiger partial charge in [0.15, 0.2) is 0 Å². The Morgan fingerprint density at radius 2 is 2.00 bits per heavy atom. The Labute approximate surface area is 89.6 Å². The number of fused-ring (bicyclic) bond motifs is 1. The molecule has 1 aromatic carbocycles. The molecule has 80 valence electrons. The molecule has 0 saturated carbocycles. The molecule has 15 heavy (non-hydrogen) atoms. The summed E-state index contributed by atoms with van der Waals surface area (Å²) >= 11 is 5.72. The zero-order chi connectivity index (χ0) is 11.1. The van der Waals surface area contributed by atoms with Crippen LogP contribution in [0.25, 0.3) is 0 Å². The lowest BCUT2D eigenvalue weighted by Gasteiger charge is -2.18. The van der Waals surface area contributed by atoms with E-state index in [0.29, 0.717) is 17.0 Å². The standard InChI is InChI=1S/C10H7ClF3N/c11-7-1-2-8-6(5-7)3-4-15-9(8)10(12,13)14/h1-2,5H,3-4H2. The van der Waals surface area contributed by atoms with Crippen LogP contribution in [0.4, 0.5) is 13.2 Å². The number of hydrogen-bond donors (Lipinski definition) is 0. The lowest BCUT2D eigenvalue weighted by molar-refractivity contribution is -0.0584. The first kappa shape index (κ1) is 10.5. The highest BCUT2D eigenvalue weighted by molar-refractivity contribution is 6.30. The van der Waals surface area contributed by atoms with E-state index in [1.165, 1.54) is 12.1 Å². The van der Waals surface area contributed by atoms with Gasteiger partial charge >= 0.3 is 6.18 Å². The van der Waals surface area contributed by atoms with Gasteiger partial charge in [-0.05, 0) is 24.1 Å². The molecule has 0 saturated heterocycles. The van der Waals surface area contributed by atoms with E-state index in [0.717, 1.165) is 0 Å². The second kappa shape index (κ2) is 3.52. The minimum absolute atomic E-state index is 0.151. The van der Waals surface area contributed by atoms with E-state index < -0.39 is 11.9 Å². The Balaban J connectivity index is 2.52. The molecule has 5 heteroatoms. The molecule has 0 bridgehead atoms. The summed E-state index contributed by atoms with van der Waals surface area (Å²) in [5.74, 6) is 0. The van der Waals surface area contributed by atoms with Gasteiger partial charge in [-0.15, -0.1) is 0 Å². The predicted octanol–water partition coefficient (Wildman–Crippen LogP) is 3.25. The van der Waals surface area contributed by atoms with E-state index in [1.54, 1.807) is 6.07 Å². The molecule has 1 aliphatic rings. The highest BCUT2D eigenvalue weighted by atomic mass is 35.5. The monoisotopic (exact) mass is 233 g/mol. The van der Waals surface area contributed by atoms with E-state index in [9.17, 15) is 13.2 Å². The van der Waals surface area contributed by atoms with Gasteiger partial charge in [0.25, 0.3) is 0 Å². The summed E-state index contributed by atoms with van der Waals surface area (Å²) < 4.78 is 37.7. The molecule has 0 amide bonds. The van der Waals surface area contributed by atoms with Crippen molar-refractivity contribution in [2.75, 3.05) is 6.54 Å². The highest BCUT2D eigenvalue weighted by Crippen LogP contribution is 2.29. The Morgan fingerprint density at radius 1 is 1.27 bits per heavy atom. The zero-order valence-corrected chi connectivity index (χ0v) is 8.36. The van der Waals surface area contributed by atoms with Crippen LogP contribution in [-0.4, -0.2) is 18.4 Å². The quantitative estimate of drug-likeness (QED) is 0.652.